The first-order valence-corrected chi connectivity index (χ1v) is 9.02. The topological polar surface area (TPSA) is 64.8 Å². The Kier molecular flexibility index (Phi) is 5.74. The van der Waals surface area contributed by atoms with Crippen LogP contribution in [0, 0.1) is 6.92 Å². The van der Waals surface area contributed by atoms with Gasteiger partial charge in [-0.25, -0.2) is 0 Å². The Morgan fingerprint density at radius 2 is 2.08 bits per heavy atom. The maximum atomic E-state index is 12.7. The lowest BCUT2D eigenvalue weighted by molar-refractivity contribution is -0.0733. The summed E-state index contributed by atoms with van der Waals surface area (Å²) in [5.41, 5.74) is 8.15. The van der Waals surface area contributed by atoms with Gasteiger partial charge in [0, 0.05) is 30.9 Å². The minimum Gasteiger partial charge on any atom is -0.399 e. The van der Waals surface area contributed by atoms with Gasteiger partial charge in [-0.05, 0) is 56.7 Å². The van der Waals surface area contributed by atoms with Crippen molar-refractivity contribution in [1.29, 1.82) is 0 Å². The van der Waals surface area contributed by atoms with Gasteiger partial charge in [-0.1, -0.05) is 6.07 Å². The highest BCUT2D eigenvalue weighted by Gasteiger charge is 2.26. The fraction of sp³-hybridized carbons (Fsp3) is 0.632. The number of hydrogen-bond acceptors (Lipinski definition) is 4. The summed E-state index contributed by atoms with van der Waals surface area (Å²) in [5, 5.41) is 0. The molecule has 2 aliphatic heterocycles. The van der Waals surface area contributed by atoms with Gasteiger partial charge in [0.25, 0.3) is 5.91 Å². The van der Waals surface area contributed by atoms with E-state index < -0.39 is 0 Å². The highest BCUT2D eigenvalue weighted by Crippen LogP contribution is 2.21. The number of hydrogen-bond donors (Lipinski definition) is 1. The van der Waals surface area contributed by atoms with E-state index in [2.05, 4.69) is 0 Å². The highest BCUT2D eigenvalue weighted by molar-refractivity contribution is 5.96. The minimum absolute atomic E-state index is 0.0777. The number of nitrogen functional groups attached to an aromatic ring is 1. The molecule has 3 rings (SSSR count). The van der Waals surface area contributed by atoms with Crippen molar-refractivity contribution in [2.75, 3.05) is 32.0 Å². The lowest BCUT2D eigenvalue weighted by Gasteiger charge is -2.33. The molecule has 2 aliphatic rings. The largest absolute Gasteiger partial charge is 0.399 e. The fourth-order valence-electron chi connectivity index (χ4n) is 3.45. The molecule has 24 heavy (non-hydrogen) atoms. The van der Waals surface area contributed by atoms with E-state index in [1.807, 2.05) is 24.0 Å². The molecule has 1 amide bonds. The number of carbonyl (C=O) groups excluding carboxylic acids is 1. The number of ether oxygens (including phenoxy) is 2. The third kappa shape index (κ3) is 4.28. The number of amides is 1. The highest BCUT2D eigenvalue weighted by atomic mass is 16.5. The average Bonchev–Trinajstić information content (AvgIpc) is 2.63. The van der Waals surface area contributed by atoms with Crippen molar-refractivity contribution in [3.05, 3.63) is 29.3 Å². The first kappa shape index (κ1) is 17.2. The van der Waals surface area contributed by atoms with Crippen LogP contribution in [0.1, 0.15) is 48.0 Å². The van der Waals surface area contributed by atoms with Gasteiger partial charge in [0.15, 0.2) is 0 Å². The maximum Gasteiger partial charge on any atom is 0.254 e. The standard InChI is InChI=1S/C19H28N2O3/c1-14-5-6-15(20)12-18(14)19(22)21-9-7-16(8-10-21)24-13-17-4-2-3-11-23-17/h5-6,12,16-17H,2-4,7-11,13,20H2,1H3. The Balaban J connectivity index is 1.47. The SMILES string of the molecule is Cc1ccc(N)cc1C(=O)N1CCC(OCC2CCCCO2)CC1. The molecule has 0 bridgehead atoms. The van der Waals surface area contributed by atoms with Crippen LogP contribution in [0.2, 0.25) is 0 Å². The Morgan fingerprint density at radius 1 is 1.29 bits per heavy atom. The zero-order chi connectivity index (χ0) is 16.9. The normalized spacial score (nSPS) is 22.5. The molecule has 0 aromatic heterocycles. The Hall–Kier alpha value is -1.59. The van der Waals surface area contributed by atoms with Gasteiger partial charge in [-0.15, -0.1) is 0 Å². The molecule has 0 aliphatic carbocycles. The molecule has 0 radical (unpaired) electrons. The Morgan fingerprint density at radius 3 is 2.79 bits per heavy atom. The third-order valence-corrected chi connectivity index (χ3v) is 5.01. The van der Waals surface area contributed by atoms with E-state index in [4.69, 9.17) is 15.2 Å². The molecule has 1 aromatic carbocycles. The molecular formula is C19H28N2O3. The van der Waals surface area contributed by atoms with Crippen LogP contribution in [0.3, 0.4) is 0 Å². The van der Waals surface area contributed by atoms with E-state index >= 15 is 0 Å². The molecule has 2 N–H and O–H groups in total. The number of anilines is 1. The van der Waals surface area contributed by atoms with Gasteiger partial charge in [0.05, 0.1) is 18.8 Å². The number of piperidine rings is 1. The average molecular weight is 332 g/mol. The summed E-state index contributed by atoms with van der Waals surface area (Å²) < 4.78 is 11.7. The van der Waals surface area contributed by atoms with Crippen molar-refractivity contribution in [2.45, 2.75) is 51.2 Å². The van der Waals surface area contributed by atoms with Crippen LogP contribution >= 0.6 is 0 Å². The van der Waals surface area contributed by atoms with Crippen LogP contribution in [-0.2, 0) is 9.47 Å². The van der Waals surface area contributed by atoms with Crippen LogP contribution in [0.15, 0.2) is 18.2 Å². The number of benzene rings is 1. The fourth-order valence-corrected chi connectivity index (χ4v) is 3.45. The smallest absolute Gasteiger partial charge is 0.254 e. The van der Waals surface area contributed by atoms with Gasteiger partial charge in [-0.2, -0.15) is 0 Å². The van der Waals surface area contributed by atoms with Crippen molar-refractivity contribution >= 4 is 11.6 Å². The van der Waals surface area contributed by atoms with Crippen LogP contribution in [0.4, 0.5) is 5.69 Å². The molecule has 2 saturated heterocycles. The summed E-state index contributed by atoms with van der Waals surface area (Å²) in [6.45, 7) is 4.98. The summed E-state index contributed by atoms with van der Waals surface area (Å²) >= 11 is 0. The summed E-state index contributed by atoms with van der Waals surface area (Å²) in [6, 6.07) is 5.52. The molecule has 1 atom stereocenters. The number of nitrogens with two attached hydrogens (primary N) is 1. The van der Waals surface area contributed by atoms with Gasteiger partial charge in [-0.3, -0.25) is 4.79 Å². The zero-order valence-corrected chi connectivity index (χ0v) is 14.5. The molecule has 0 saturated carbocycles. The lowest BCUT2D eigenvalue weighted by atomic mass is 10.0. The van der Waals surface area contributed by atoms with Gasteiger partial charge < -0.3 is 20.1 Å². The number of carbonyl (C=O) groups is 1. The van der Waals surface area contributed by atoms with Crippen LogP contribution < -0.4 is 5.73 Å². The molecule has 2 heterocycles. The van der Waals surface area contributed by atoms with Crippen molar-refractivity contribution in [2.24, 2.45) is 0 Å². The summed E-state index contributed by atoms with van der Waals surface area (Å²) in [4.78, 5) is 14.6. The molecule has 1 unspecified atom stereocenters. The van der Waals surface area contributed by atoms with E-state index in [1.54, 1.807) is 6.07 Å². The summed E-state index contributed by atoms with van der Waals surface area (Å²) in [5.74, 6) is 0.0777. The van der Waals surface area contributed by atoms with Gasteiger partial charge in [0.1, 0.15) is 0 Å². The lowest BCUT2D eigenvalue weighted by Crippen LogP contribution is -2.42. The van der Waals surface area contributed by atoms with E-state index in [9.17, 15) is 4.79 Å². The Labute approximate surface area is 144 Å². The molecule has 5 nitrogen and oxygen atoms in total. The number of likely N-dealkylation sites (tertiary alicyclic amines) is 1. The Bertz CT molecular complexity index is 562. The molecule has 132 valence electrons. The van der Waals surface area contributed by atoms with Crippen LogP contribution in [-0.4, -0.2) is 49.3 Å². The predicted octanol–water partition coefficient (Wildman–Crippen LogP) is 2.77. The number of aryl methyl sites for hydroxylation is 1. The maximum absolute atomic E-state index is 12.7. The first-order valence-electron chi connectivity index (χ1n) is 9.02. The van der Waals surface area contributed by atoms with Gasteiger partial charge >= 0.3 is 0 Å². The van der Waals surface area contributed by atoms with E-state index in [-0.39, 0.29) is 18.1 Å². The number of rotatable bonds is 4. The van der Waals surface area contributed by atoms with Crippen molar-refractivity contribution in [3.63, 3.8) is 0 Å². The van der Waals surface area contributed by atoms with Crippen molar-refractivity contribution in [3.8, 4) is 0 Å². The molecule has 2 fully saturated rings. The molecule has 1 aromatic rings. The summed E-state index contributed by atoms with van der Waals surface area (Å²) in [6.07, 6.45) is 5.78. The van der Waals surface area contributed by atoms with Crippen LogP contribution in [0.5, 0.6) is 0 Å². The number of nitrogens with zero attached hydrogens (tertiary/aromatic N) is 1. The zero-order valence-electron chi connectivity index (χ0n) is 14.5. The minimum atomic E-state index is 0.0777. The first-order chi connectivity index (χ1) is 11.6. The summed E-state index contributed by atoms with van der Waals surface area (Å²) in [7, 11) is 0. The second kappa shape index (κ2) is 7.99. The van der Waals surface area contributed by atoms with E-state index in [0.717, 1.165) is 44.5 Å². The second-order valence-corrected chi connectivity index (χ2v) is 6.89. The quantitative estimate of drug-likeness (QED) is 0.861. The second-order valence-electron chi connectivity index (χ2n) is 6.89. The van der Waals surface area contributed by atoms with E-state index in [0.29, 0.717) is 17.9 Å². The van der Waals surface area contributed by atoms with Crippen molar-refractivity contribution < 1.29 is 14.3 Å². The molecule has 5 heteroatoms. The van der Waals surface area contributed by atoms with Crippen LogP contribution in [0.25, 0.3) is 0 Å². The van der Waals surface area contributed by atoms with E-state index in [1.165, 1.54) is 12.8 Å². The molecular weight excluding hydrogens is 304 g/mol. The van der Waals surface area contributed by atoms with Gasteiger partial charge in [0.2, 0.25) is 0 Å². The third-order valence-electron chi connectivity index (χ3n) is 5.01. The van der Waals surface area contributed by atoms with Crippen molar-refractivity contribution in [1.82, 2.24) is 4.90 Å². The predicted molar refractivity (Wildman–Crippen MR) is 94.1 cm³/mol. The monoisotopic (exact) mass is 332 g/mol. The molecule has 0 spiro atoms.